The second-order valence-corrected chi connectivity index (χ2v) is 2.75. The zero-order valence-electron chi connectivity index (χ0n) is 6.87. The number of alkyl halides is 1. The van der Waals surface area contributed by atoms with Crippen molar-refractivity contribution in [2.24, 2.45) is 0 Å². The summed E-state index contributed by atoms with van der Waals surface area (Å²) in [6, 6.07) is 10.1. The largest absolute Gasteiger partial charge is 0.376 e. The molecule has 0 amide bonds. The van der Waals surface area contributed by atoms with Crippen LogP contribution in [-0.4, -0.2) is 12.5 Å². The summed E-state index contributed by atoms with van der Waals surface area (Å²) in [5, 5.41) is 0. The third-order valence-electron chi connectivity index (χ3n) is 1.46. The van der Waals surface area contributed by atoms with Gasteiger partial charge in [0.25, 0.3) is 0 Å². The zero-order chi connectivity index (χ0) is 8.65. The predicted molar refractivity (Wildman–Crippen MR) is 51.1 cm³/mol. The van der Waals surface area contributed by atoms with E-state index in [1.165, 1.54) is 5.56 Å². The van der Waals surface area contributed by atoms with Crippen molar-refractivity contribution < 1.29 is 4.74 Å². The van der Waals surface area contributed by atoms with Crippen molar-refractivity contribution in [2.75, 3.05) is 12.5 Å². The van der Waals surface area contributed by atoms with Crippen LogP contribution in [0, 0.1) is 6.42 Å². The summed E-state index contributed by atoms with van der Waals surface area (Å²) >= 11 is 5.45. The summed E-state index contributed by atoms with van der Waals surface area (Å²) < 4.78 is 5.32. The summed E-state index contributed by atoms with van der Waals surface area (Å²) in [6.07, 6.45) is 1.89. The van der Waals surface area contributed by atoms with Gasteiger partial charge in [-0.3, -0.25) is 0 Å². The maximum atomic E-state index is 5.45. The molecule has 0 saturated heterocycles. The van der Waals surface area contributed by atoms with Gasteiger partial charge >= 0.3 is 0 Å². The number of hydrogen-bond donors (Lipinski definition) is 0. The fourth-order valence-electron chi connectivity index (χ4n) is 0.879. The Morgan fingerprint density at radius 2 is 2.00 bits per heavy atom. The number of benzene rings is 1. The first-order valence-electron chi connectivity index (χ1n) is 3.93. The first-order chi connectivity index (χ1) is 5.93. The van der Waals surface area contributed by atoms with Crippen LogP contribution in [0.4, 0.5) is 0 Å². The average Bonchev–Trinajstić information content (AvgIpc) is 2.14. The van der Waals surface area contributed by atoms with Crippen LogP contribution in [0.1, 0.15) is 5.56 Å². The van der Waals surface area contributed by atoms with E-state index in [0.29, 0.717) is 19.1 Å². The van der Waals surface area contributed by atoms with E-state index in [4.69, 9.17) is 16.3 Å². The third-order valence-corrected chi connectivity index (χ3v) is 1.67. The summed E-state index contributed by atoms with van der Waals surface area (Å²) in [5.41, 5.74) is 1.19. The Bertz CT molecular complexity index is 198. The molecule has 0 atom stereocenters. The van der Waals surface area contributed by atoms with Crippen LogP contribution in [0.25, 0.3) is 0 Å². The molecule has 1 aromatic rings. The van der Waals surface area contributed by atoms with Crippen LogP contribution in [0.5, 0.6) is 0 Å². The summed E-state index contributed by atoms with van der Waals surface area (Å²) in [5.74, 6) is 0.550. The fourth-order valence-corrected chi connectivity index (χ4v) is 0.968. The van der Waals surface area contributed by atoms with Crippen molar-refractivity contribution in [1.82, 2.24) is 0 Å². The lowest BCUT2D eigenvalue weighted by atomic mass is 10.2. The van der Waals surface area contributed by atoms with E-state index in [1.807, 2.05) is 36.8 Å². The van der Waals surface area contributed by atoms with E-state index in [9.17, 15) is 0 Å². The monoisotopic (exact) mass is 183 g/mol. The predicted octanol–water partition coefficient (Wildman–Crippen LogP) is 2.65. The Labute approximate surface area is 78.3 Å². The Hall–Kier alpha value is -0.530. The van der Waals surface area contributed by atoms with Gasteiger partial charge in [-0.2, -0.15) is 0 Å². The van der Waals surface area contributed by atoms with Gasteiger partial charge in [0, 0.05) is 12.3 Å². The molecule has 0 saturated carbocycles. The molecule has 0 unspecified atom stereocenters. The van der Waals surface area contributed by atoms with Gasteiger partial charge in [0.2, 0.25) is 0 Å². The second kappa shape index (κ2) is 6.04. The molecular weight excluding hydrogens is 172 g/mol. The van der Waals surface area contributed by atoms with Gasteiger partial charge in [-0.05, 0) is 5.56 Å². The molecule has 0 heterocycles. The van der Waals surface area contributed by atoms with E-state index >= 15 is 0 Å². The molecule has 1 nitrogen and oxygen atoms in total. The maximum Gasteiger partial charge on any atom is 0.0717 e. The van der Waals surface area contributed by atoms with E-state index in [-0.39, 0.29) is 0 Å². The van der Waals surface area contributed by atoms with Crippen LogP contribution in [0.15, 0.2) is 30.3 Å². The highest BCUT2D eigenvalue weighted by Gasteiger charge is 1.90. The number of ether oxygens (including phenoxy) is 1. The second-order valence-electron chi connectivity index (χ2n) is 2.44. The average molecular weight is 184 g/mol. The quantitative estimate of drug-likeness (QED) is 0.504. The molecule has 0 spiro atoms. The highest BCUT2D eigenvalue weighted by Crippen LogP contribution is 2.00. The standard InChI is InChI=1S/C10H12ClO/c11-7-4-8-12-9-10-5-2-1-3-6-10/h1-6H,7-9H2. The number of hydrogen-bond acceptors (Lipinski definition) is 1. The van der Waals surface area contributed by atoms with Gasteiger partial charge < -0.3 is 4.74 Å². The van der Waals surface area contributed by atoms with Gasteiger partial charge in [-0.15, -0.1) is 11.6 Å². The Balaban J connectivity index is 2.16. The minimum Gasteiger partial charge on any atom is -0.376 e. The summed E-state index contributed by atoms with van der Waals surface area (Å²) in [6.45, 7) is 1.28. The first kappa shape index (κ1) is 9.56. The SMILES string of the molecule is ClC[CH]COCc1ccccc1. The lowest BCUT2D eigenvalue weighted by Gasteiger charge is -2.01. The van der Waals surface area contributed by atoms with Crippen molar-refractivity contribution in [3.05, 3.63) is 42.3 Å². The molecule has 0 N–H and O–H groups in total. The fraction of sp³-hybridized carbons (Fsp3) is 0.300. The highest BCUT2D eigenvalue weighted by molar-refractivity contribution is 6.18. The van der Waals surface area contributed by atoms with Crippen molar-refractivity contribution in [3.8, 4) is 0 Å². The van der Waals surface area contributed by atoms with E-state index < -0.39 is 0 Å². The topological polar surface area (TPSA) is 9.23 Å². The van der Waals surface area contributed by atoms with E-state index in [0.717, 1.165) is 0 Å². The first-order valence-corrected chi connectivity index (χ1v) is 4.46. The molecule has 1 radical (unpaired) electrons. The van der Waals surface area contributed by atoms with E-state index in [1.54, 1.807) is 0 Å². The number of halogens is 1. The molecule has 2 heteroatoms. The molecule has 0 aliphatic carbocycles. The van der Waals surface area contributed by atoms with Crippen LogP contribution in [-0.2, 0) is 11.3 Å². The van der Waals surface area contributed by atoms with Crippen molar-refractivity contribution >= 4 is 11.6 Å². The van der Waals surface area contributed by atoms with Gasteiger partial charge in [0.1, 0.15) is 0 Å². The normalized spacial score (nSPS) is 10.1. The lowest BCUT2D eigenvalue weighted by molar-refractivity contribution is 0.141. The molecular formula is C10H12ClO. The summed E-state index contributed by atoms with van der Waals surface area (Å²) in [7, 11) is 0. The van der Waals surface area contributed by atoms with Crippen molar-refractivity contribution in [2.45, 2.75) is 6.61 Å². The van der Waals surface area contributed by atoms with Gasteiger partial charge in [-0.1, -0.05) is 30.3 Å². The maximum absolute atomic E-state index is 5.45. The molecule has 1 aromatic carbocycles. The van der Waals surface area contributed by atoms with Gasteiger partial charge in [-0.25, -0.2) is 0 Å². The molecule has 0 aliphatic heterocycles. The van der Waals surface area contributed by atoms with Crippen molar-refractivity contribution in [3.63, 3.8) is 0 Å². The lowest BCUT2D eigenvalue weighted by Crippen LogP contribution is -1.96. The molecule has 0 fully saturated rings. The molecule has 0 bridgehead atoms. The number of rotatable bonds is 5. The Kier molecular flexibility index (Phi) is 4.81. The Morgan fingerprint density at radius 1 is 1.25 bits per heavy atom. The smallest absolute Gasteiger partial charge is 0.0717 e. The molecule has 65 valence electrons. The minimum absolute atomic E-state index is 0.550. The Morgan fingerprint density at radius 3 is 2.67 bits per heavy atom. The van der Waals surface area contributed by atoms with Gasteiger partial charge in [0.15, 0.2) is 0 Å². The molecule has 12 heavy (non-hydrogen) atoms. The third kappa shape index (κ3) is 3.74. The molecule has 1 rings (SSSR count). The van der Waals surface area contributed by atoms with E-state index in [2.05, 4.69) is 0 Å². The zero-order valence-corrected chi connectivity index (χ0v) is 7.63. The van der Waals surface area contributed by atoms with Crippen molar-refractivity contribution in [1.29, 1.82) is 0 Å². The summed E-state index contributed by atoms with van der Waals surface area (Å²) in [4.78, 5) is 0. The molecule has 0 aliphatic rings. The van der Waals surface area contributed by atoms with Crippen LogP contribution in [0.3, 0.4) is 0 Å². The van der Waals surface area contributed by atoms with Crippen LogP contribution < -0.4 is 0 Å². The van der Waals surface area contributed by atoms with Gasteiger partial charge in [0.05, 0.1) is 13.2 Å². The van der Waals surface area contributed by atoms with Crippen LogP contribution >= 0.6 is 11.6 Å². The molecule has 0 aromatic heterocycles. The van der Waals surface area contributed by atoms with Crippen LogP contribution in [0.2, 0.25) is 0 Å². The highest BCUT2D eigenvalue weighted by atomic mass is 35.5. The minimum atomic E-state index is 0.550.